The molecule has 2 fully saturated rings. The number of ether oxygens (including phenoxy) is 2. The Balaban J connectivity index is 1.52. The van der Waals surface area contributed by atoms with Crippen LogP contribution in [0.4, 0.5) is 0 Å². The molecular formula is C16H23ClN2O2. The number of nitrogens with zero attached hydrogens (tertiary/aromatic N) is 1. The molecule has 21 heavy (non-hydrogen) atoms. The lowest BCUT2D eigenvalue weighted by Gasteiger charge is -2.26. The van der Waals surface area contributed by atoms with Gasteiger partial charge in [0.05, 0.1) is 18.2 Å². The fraction of sp³-hybridized carbons (Fsp3) is 0.625. The lowest BCUT2D eigenvalue weighted by molar-refractivity contribution is 0.0322. The van der Waals surface area contributed by atoms with E-state index < -0.39 is 0 Å². The van der Waals surface area contributed by atoms with Gasteiger partial charge in [-0.15, -0.1) is 0 Å². The molecule has 5 heteroatoms. The van der Waals surface area contributed by atoms with Crippen molar-refractivity contribution in [2.45, 2.75) is 25.4 Å². The summed E-state index contributed by atoms with van der Waals surface area (Å²) in [4.78, 5) is 2.36. The minimum atomic E-state index is 0.667. The molecule has 116 valence electrons. The van der Waals surface area contributed by atoms with E-state index in [1.54, 1.807) is 0 Å². The van der Waals surface area contributed by atoms with Crippen LogP contribution in [0.25, 0.3) is 0 Å². The molecule has 1 aromatic rings. The molecular weight excluding hydrogens is 288 g/mol. The van der Waals surface area contributed by atoms with Crippen LogP contribution in [0.1, 0.15) is 18.4 Å². The lowest BCUT2D eigenvalue weighted by atomic mass is 10.2. The molecule has 3 rings (SSSR count). The van der Waals surface area contributed by atoms with E-state index in [-0.39, 0.29) is 0 Å². The first-order valence-corrected chi connectivity index (χ1v) is 8.14. The van der Waals surface area contributed by atoms with Crippen LogP contribution in [0.5, 0.6) is 5.75 Å². The number of benzene rings is 1. The zero-order chi connectivity index (χ0) is 14.5. The highest BCUT2D eigenvalue weighted by Gasteiger charge is 2.21. The van der Waals surface area contributed by atoms with Gasteiger partial charge < -0.3 is 14.8 Å². The minimum Gasteiger partial charge on any atom is -0.490 e. The molecule has 0 spiro atoms. The number of hydrogen-bond donors (Lipinski definition) is 1. The van der Waals surface area contributed by atoms with Crippen LogP contribution in [0.15, 0.2) is 18.2 Å². The Kier molecular flexibility index (Phi) is 5.36. The highest BCUT2D eigenvalue weighted by molar-refractivity contribution is 6.32. The molecule has 1 aliphatic carbocycles. The van der Waals surface area contributed by atoms with Crippen molar-refractivity contribution >= 4 is 11.6 Å². The molecule has 1 saturated carbocycles. The summed E-state index contributed by atoms with van der Waals surface area (Å²) in [5.41, 5.74) is 1.15. The summed E-state index contributed by atoms with van der Waals surface area (Å²) in [6.45, 7) is 6.04. The Labute approximate surface area is 131 Å². The Hall–Kier alpha value is -0.810. The van der Waals surface area contributed by atoms with E-state index in [9.17, 15) is 0 Å². The van der Waals surface area contributed by atoms with Gasteiger partial charge in [-0.1, -0.05) is 23.7 Å². The van der Waals surface area contributed by atoms with Crippen LogP contribution in [0.2, 0.25) is 5.02 Å². The molecule has 1 aliphatic heterocycles. The van der Waals surface area contributed by atoms with Gasteiger partial charge in [0.2, 0.25) is 0 Å². The van der Waals surface area contributed by atoms with Crippen LogP contribution >= 0.6 is 11.6 Å². The molecule has 1 aromatic carbocycles. The summed E-state index contributed by atoms with van der Waals surface area (Å²) in [7, 11) is 0. The topological polar surface area (TPSA) is 33.7 Å². The van der Waals surface area contributed by atoms with Crippen LogP contribution in [0.3, 0.4) is 0 Å². The Morgan fingerprint density at radius 2 is 2.10 bits per heavy atom. The largest absolute Gasteiger partial charge is 0.490 e. The molecule has 1 saturated heterocycles. The van der Waals surface area contributed by atoms with Crippen molar-refractivity contribution in [2.24, 2.45) is 0 Å². The zero-order valence-electron chi connectivity index (χ0n) is 12.3. The summed E-state index contributed by atoms with van der Waals surface area (Å²) >= 11 is 6.30. The predicted octanol–water partition coefficient (Wildman–Crippen LogP) is 2.30. The quantitative estimate of drug-likeness (QED) is 0.838. The van der Waals surface area contributed by atoms with Gasteiger partial charge in [-0.3, -0.25) is 4.90 Å². The SMILES string of the molecule is Clc1cccc(CNC2CC2)c1OCCN1CCOCC1. The molecule has 0 aromatic heterocycles. The molecule has 0 atom stereocenters. The number of rotatable bonds is 7. The highest BCUT2D eigenvalue weighted by atomic mass is 35.5. The predicted molar refractivity (Wildman–Crippen MR) is 84.1 cm³/mol. The number of morpholine rings is 1. The van der Waals surface area contributed by atoms with E-state index in [1.807, 2.05) is 12.1 Å². The average Bonchev–Trinajstić information content (AvgIpc) is 3.33. The van der Waals surface area contributed by atoms with Gasteiger partial charge in [-0.05, 0) is 18.9 Å². The summed E-state index contributed by atoms with van der Waals surface area (Å²) in [6.07, 6.45) is 2.57. The first kappa shape index (κ1) is 15.1. The van der Waals surface area contributed by atoms with E-state index in [2.05, 4.69) is 16.3 Å². The van der Waals surface area contributed by atoms with Crippen LogP contribution in [0, 0.1) is 0 Å². The summed E-state index contributed by atoms with van der Waals surface area (Å²) < 4.78 is 11.3. The maximum Gasteiger partial charge on any atom is 0.142 e. The average molecular weight is 311 g/mol. The van der Waals surface area contributed by atoms with Gasteiger partial charge in [0, 0.05) is 37.8 Å². The third-order valence-electron chi connectivity index (χ3n) is 3.96. The van der Waals surface area contributed by atoms with E-state index in [0.717, 1.165) is 50.7 Å². The van der Waals surface area contributed by atoms with Crippen LogP contribution < -0.4 is 10.1 Å². The van der Waals surface area contributed by atoms with Crippen molar-refractivity contribution in [3.63, 3.8) is 0 Å². The Morgan fingerprint density at radius 3 is 2.86 bits per heavy atom. The van der Waals surface area contributed by atoms with E-state index in [1.165, 1.54) is 12.8 Å². The summed E-state index contributed by atoms with van der Waals surface area (Å²) in [5, 5.41) is 4.22. The van der Waals surface area contributed by atoms with Gasteiger partial charge in [-0.2, -0.15) is 0 Å². The normalized spacial score (nSPS) is 19.7. The summed E-state index contributed by atoms with van der Waals surface area (Å²) in [5.74, 6) is 0.834. The van der Waals surface area contributed by atoms with Crippen molar-refractivity contribution in [2.75, 3.05) is 39.5 Å². The standard InChI is InChI=1S/C16H23ClN2O2/c17-15-3-1-2-13(12-18-14-4-5-14)16(15)21-11-8-19-6-9-20-10-7-19/h1-3,14,18H,4-12H2. The molecule has 0 amide bonds. The number of nitrogens with one attached hydrogen (secondary N) is 1. The Bertz CT molecular complexity index is 460. The fourth-order valence-corrected chi connectivity index (χ4v) is 2.75. The summed E-state index contributed by atoms with van der Waals surface area (Å²) in [6, 6.07) is 6.66. The monoisotopic (exact) mass is 310 g/mol. The van der Waals surface area contributed by atoms with Crippen molar-refractivity contribution in [3.05, 3.63) is 28.8 Å². The van der Waals surface area contributed by atoms with Crippen molar-refractivity contribution in [1.82, 2.24) is 10.2 Å². The smallest absolute Gasteiger partial charge is 0.142 e. The first-order valence-electron chi connectivity index (χ1n) is 7.76. The van der Waals surface area contributed by atoms with E-state index in [0.29, 0.717) is 17.7 Å². The van der Waals surface area contributed by atoms with Gasteiger partial charge in [0.15, 0.2) is 0 Å². The van der Waals surface area contributed by atoms with Gasteiger partial charge in [-0.25, -0.2) is 0 Å². The molecule has 1 N–H and O–H groups in total. The zero-order valence-corrected chi connectivity index (χ0v) is 13.1. The van der Waals surface area contributed by atoms with Crippen molar-refractivity contribution in [3.8, 4) is 5.75 Å². The minimum absolute atomic E-state index is 0.667. The van der Waals surface area contributed by atoms with E-state index in [4.69, 9.17) is 21.1 Å². The number of halogens is 1. The second kappa shape index (κ2) is 7.45. The molecule has 2 aliphatic rings. The van der Waals surface area contributed by atoms with E-state index >= 15 is 0 Å². The first-order chi connectivity index (χ1) is 10.3. The Morgan fingerprint density at radius 1 is 1.29 bits per heavy atom. The highest BCUT2D eigenvalue weighted by Crippen LogP contribution is 2.29. The number of hydrogen-bond acceptors (Lipinski definition) is 4. The van der Waals surface area contributed by atoms with Crippen LogP contribution in [-0.2, 0) is 11.3 Å². The molecule has 0 bridgehead atoms. The molecule has 1 heterocycles. The third kappa shape index (κ3) is 4.58. The van der Waals surface area contributed by atoms with Crippen molar-refractivity contribution < 1.29 is 9.47 Å². The maximum absolute atomic E-state index is 6.30. The molecule has 0 unspecified atom stereocenters. The maximum atomic E-state index is 6.30. The third-order valence-corrected chi connectivity index (χ3v) is 4.26. The fourth-order valence-electron chi connectivity index (χ4n) is 2.50. The second-order valence-corrected chi connectivity index (χ2v) is 6.09. The molecule has 4 nitrogen and oxygen atoms in total. The van der Waals surface area contributed by atoms with Gasteiger partial charge in [0.1, 0.15) is 12.4 Å². The van der Waals surface area contributed by atoms with Gasteiger partial charge in [0.25, 0.3) is 0 Å². The second-order valence-electron chi connectivity index (χ2n) is 5.69. The van der Waals surface area contributed by atoms with Gasteiger partial charge >= 0.3 is 0 Å². The van der Waals surface area contributed by atoms with Crippen molar-refractivity contribution in [1.29, 1.82) is 0 Å². The lowest BCUT2D eigenvalue weighted by Crippen LogP contribution is -2.38. The number of para-hydroxylation sites is 1. The molecule has 0 radical (unpaired) electrons. The van der Waals surface area contributed by atoms with Crippen LogP contribution in [-0.4, -0.2) is 50.4 Å².